The molecule has 0 saturated heterocycles. The Labute approximate surface area is 118 Å². The molecule has 1 fully saturated rings. The summed E-state index contributed by atoms with van der Waals surface area (Å²) in [5, 5.41) is 11.2. The van der Waals surface area contributed by atoms with Crippen molar-refractivity contribution in [3.63, 3.8) is 0 Å². The van der Waals surface area contributed by atoms with Gasteiger partial charge in [-0.2, -0.15) is 0 Å². The van der Waals surface area contributed by atoms with E-state index in [1.807, 2.05) is 24.3 Å². The highest BCUT2D eigenvalue weighted by Gasteiger charge is 2.20. The van der Waals surface area contributed by atoms with Crippen molar-refractivity contribution in [2.45, 2.75) is 45.2 Å². The van der Waals surface area contributed by atoms with Crippen molar-refractivity contribution in [1.29, 1.82) is 0 Å². The van der Waals surface area contributed by atoms with Crippen molar-refractivity contribution in [1.82, 2.24) is 20.3 Å². The highest BCUT2D eigenvalue weighted by molar-refractivity contribution is 5.79. The third-order valence-electron chi connectivity index (χ3n) is 4.09. The number of hydrogen-bond acceptors (Lipinski definition) is 3. The van der Waals surface area contributed by atoms with E-state index in [0.717, 1.165) is 29.8 Å². The Kier molecular flexibility index (Phi) is 3.67. The first kappa shape index (κ1) is 13.1. The topological polar surface area (TPSA) is 59.8 Å². The molecule has 2 aromatic rings. The lowest BCUT2D eigenvalue weighted by Gasteiger charge is -2.26. The Bertz CT molecular complexity index is 599. The van der Waals surface area contributed by atoms with Gasteiger partial charge in [-0.15, -0.1) is 5.10 Å². The number of nitrogens with zero attached hydrogens (tertiary/aromatic N) is 3. The number of para-hydroxylation sites is 1. The molecule has 1 aliphatic carbocycles. The molecule has 5 heteroatoms. The number of carbonyl (C=O) groups is 1. The van der Waals surface area contributed by atoms with E-state index < -0.39 is 0 Å². The van der Waals surface area contributed by atoms with Crippen LogP contribution in [0.3, 0.4) is 0 Å². The van der Waals surface area contributed by atoms with E-state index in [-0.39, 0.29) is 12.5 Å². The van der Waals surface area contributed by atoms with E-state index in [0.29, 0.717) is 6.04 Å². The lowest BCUT2D eigenvalue weighted by atomic mass is 9.87. The van der Waals surface area contributed by atoms with Crippen molar-refractivity contribution in [2.24, 2.45) is 5.92 Å². The van der Waals surface area contributed by atoms with Gasteiger partial charge in [0.2, 0.25) is 5.91 Å². The minimum atomic E-state index is 0.0280. The Hall–Kier alpha value is -1.91. The smallest absolute Gasteiger partial charge is 0.242 e. The molecule has 0 bridgehead atoms. The van der Waals surface area contributed by atoms with Crippen molar-refractivity contribution < 1.29 is 4.79 Å². The normalized spacial score (nSPS) is 22.9. The summed E-state index contributed by atoms with van der Waals surface area (Å²) in [6.45, 7) is 2.52. The zero-order valence-corrected chi connectivity index (χ0v) is 11.7. The minimum absolute atomic E-state index is 0.0280. The van der Waals surface area contributed by atoms with Gasteiger partial charge in [-0.3, -0.25) is 4.79 Å². The van der Waals surface area contributed by atoms with Gasteiger partial charge in [-0.05, 0) is 43.7 Å². The zero-order chi connectivity index (χ0) is 13.9. The largest absolute Gasteiger partial charge is 0.352 e. The number of rotatable bonds is 3. The fourth-order valence-electron chi connectivity index (χ4n) is 2.85. The molecule has 0 aliphatic heterocycles. The minimum Gasteiger partial charge on any atom is -0.352 e. The molecule has 20 heavy (non-hydrogen) atoms. The molecule has 1 aromatic heterocycles. The number of carbonyl (C=O) groups excluding carboxylic acids is 1. The molecule has 0 spiro atoms. The highest BCUT2D eigenvalue weighted by atomic mass is 16.2. The van der Waals surface area contributed by atoms with E-state index in [1.165, 1.54) is 12.8 Å². The molecule has 0 unspecified atom stereocenters. The SMILES string of the molecule is CC1CCC(NC(=O)Cn2nnc3ccccc32)CC1. The summed E-state index contributed by atoms with van der Waals surface area (Å²) < 4.78 is 1.66. The predicted molar refractivity (Wildman–Crippen MR) is 77.1 cm³/mol. The molecule has 1 N–H and O–H groups in total. The summed E-state index contributed by atoms with van der Waals surface area (Å²) in [6, 6.07) is 8.02. The van der Waals surface area contributed by atoms with Gasteiger partial charge < -0.3 is 5.32 Å². The Morgan fingerprint density at radius 3 is 2.85 bits per heavy atom. The molecule has 1 aromatic carbocycles. The lowest BCUT2D eigenvalue weighted by molar-refractivity contribution is -0.122. The van der Waals surface area contributed by atoms with Gasteiger partial charge in [0, 0.05) is 6.04 Å². The Balaban J connectivity index is 1.61. The zero-order valence-electron chi connectivity index (χ0n) is 11.7. The van der Waals surface area contributed by atoms with Crippen LogP contribution in [0.2, 0.25) is 0 Å². The highest BCUT2D eigenvalue weighted by Crippen LogP contribution is 2.23. The second-order valence-electron chi connectivity index (χ2n) is 5.76. The number of nitrogens with one attached hydrogen (secondary N) is 1. The van der Waals surface area contributed by atoms with Gasteiger partial charge in [-0.25, -0.2) is 4.68 Å². The van der Waals surface area contributed by atoms with E-state index >= 15 is 0 Å². The van der Waals surface area contributed by atoms with Gasteiger partial charge in [0.05, 0.1) is 5.52 Å². The van der Waals surface area contributed by atoms with E-state index in [2.05, 4.69) is 22.6 Å². The summed E-state index contributed by atoms with van der Waals surface area (Å²) >= 11 is 0. The molecule has 1 heterocycles. The summed E-state index contributed by atoms with van der Waals surface area (Å²) in [6.07, 6.45) is 4.59. The maximum Gasteiger partial charge on any atom is 0.242 e. The third-order valence-corrected chi connectivity index (χ3v) is 4.09. The quantitative estimate of drug-likeness (QED) is 0.931. The van der Waals surface area contributed by atoms with Crippen LogP contribution in [0.25, 0.3) is 11.0 Å². The van der Waals surface area contributed by atoms with Crippen molar-refractivity contribution in [3.05, 3.63) is 24.3 Å². The van der Waals surface area contributed by atoms with Gasteiger partial charge >= 0.3 is 0 Å². The maximum absolute atomic E-state index is 12.1. The first-order valence-corrected chi connectivity index (χ1v) is 7.30. The fraction of sp³-hybridized carbons (Fsp3) is 0.533. The van der Waals surface area contributed by atoms with Gasteiger partial charge in [-0.1, -0.05) is 24.3 Å². The van der Waals surface area contributed by atoms with Crippen LogP contribution >= 0.6 is 0 Å². The van der Waals surface area contributed by atoms with Crippen LogP contribution in [0.15, 0.2) is 24.3 Å². The van der Waals surface area contributed by atoms with Crippen LogP contribution in [0.5, 0.6) is 0 Å². The van der Waals surface area contributed by atoms with Gasteiger partial charge in [0.1, 0.15) is 12.1 Å². The Morgan fingerprint density at radius 2 is 2.05 bits per heavy atom. The average molecular weight is 272 g/mol. The van der Waals surface area contributed by atoms with Crippen molar-refractivity contribution >= 4 is 16.9 Å². The van der Waals surface area contributed by atoms with E-state index in [4.69, 9.17) is 0 Å². The summed E-state index contributed by atoms with van der Waals surface area (Å²) in [5.74, 6) is 0.822. The van der Waals surface area contributed by atoms with Crippen LogP contribution in [0.4, 0.5) is 0 Å². The molecule has 0 atom stereocenters. The summed E-state index contributed by atoms with van der Waals surface area (Å²) in [4.78, 5) is 12.1. The predicted octanol–water partition coefficient (Wildman–Crippen LogP) is 2.13. The average Bonchev–Trinajstić information content (AvgIpc) is 2.85. The maximum atomic E-state index is 12.1. The van der Waals surface area contributed by atoms with E-state index in [9.17, 15) is 4.79 Å². The fourth-order valence-corrected chi connectivity index (χ4v) is 2.85. The first-order chi connectivity index (χ1) is 9.72. The van der Waals surface area contributed by atoms with Crippen LogP contribution in [-0.2, 0) is 11.3 Å². The van der Waals surface area contributed by atoms with Crippen molar-refractivity contribution in [3.8, 4) is 0 Å². The number of benzene rings is 1. The van der Waals surface area contributed by atoms with Crippen LogP contribution in [0.1, 0.15) is 32.6 Å². The van der Waals surface area contributed by atoms with Crippen molar-refractivity contribution in [2.75, 3.05) is 0 Å². The lowest BCUT2D eigenvalue weighted by Crippen LogP contribution is -2.39. The first-order valence-electron chi connectivity index (χ1n) is 7.30. The molecular formula is C15H20N4O. The van der Waals surface area contributed by atoms with Crippen LogP contribution in [-0.4, -0.2) is 26.9 Å². The second-order valence-corrected chi connectivity index (χ2v) is 5.76. The molecule has 5 nitrogen and oxygen atoms in total. The second kappa shape index (κ2) is 5.61. The number of aromatic nitrogens is 3. The van der Waals surface area contributed by atoms with E-state index in [1.54, 1.807) is 4.68 Å². The molecule has 106 valence electrons. The van der Waals surface area contributed by atoms with Gasteiger partial charge in [0.25, 0.3) is 0 Å². The van der Waals surface area contributed by atoms with Crippen LogP contribution < -0.4 is 5.32 Å². The monoisotopic (exact) mass is 272 g/mol. The number of amides is 1. The Morgan fingerprint density at radius 1 is 1.30 bits per heavy atom. The molecule has 0 radical (unpaired) electrons. The molecule has 1 saturated carbocycles. The molecule has 1 amide bonds. The van der Waals surface area contributed by atoms with Gasteiger partial charge in [0.15, 0.2) is 0 Å². The number of fused-ring (bicyclic) bond motifs is 1. The standard InChI is InChI=1S/C15H20N4O/c1-11-6-8-12(9-7-11)16-15(20)10-19-14-5-3-2-4-13(14)17-18-19/h2-5,11-12H,6-10H2,1H3,(H,16,20). The summed E-state index contributed by atoms with van der Waals surface area (Å²) in [7, 11) is 0. The molecule has 3 rings (SSSR count). The third kappa shape index (κ3) is 2.81. The summed E-state index contributed by atoms with van der Waals surface area (Å²) in [5.41, 5.74) is 1.73. The molecular weight excluding hydrogens is 252 g/mol. The van der Waals surface area contributed by atoms with Crippen LogP contribution in [0, 0.1) is 5.92 Å². The number of hydrogen-bond donors (Lipinski definition) is 1. The molecule has 1 aliphatic rings.